The maximum atomic E-state index is 15.0. The van der Waals surface area contributed by atoms with Gasteiger partial charge in [0.25, 0.3) is 0 Å². The normalized spacial score (nSPS) is 26.9. The van der Waals surface area contributed by atoms with Crippen LogP contribution in [0.25, 0.3) is 0 Å². The van der Waals surface area contributed by atoms with Gasteiger partial charge < -0.3 is 50.5 Å². The molecule has 22 nitrogen and oxygen atoms in total. The Morgan fingerprint density at radius 1 is 0.558 bits per heavy atom. The van der Waals surface area contributed by atoms with E-state index in [0.29, 0.717) is 62.7 Å². The average Bonchev–Trinajstić information content (AvgIpc) is 1.80. The first-order valence-electron chi connectivity index (χ1n) is 34.7. The molecule has 12 atom stereocenters. The molecule has 0 aromatic heterocycles. The number of nitrogens with one attached hydrogen (secondary N) is 3. The molecule has 0 spiro atoms. The van der Waals surface area contributed by atoms with Crippen molar-refractivity contribution in [1.29, 1.82) is 0 Å². The molecule has 9 amide bonds. The molecule has 2 aromatic carbocycles. The van der Waals surface area contributed by atoms with E-state index in [1.165, 1.54) is 52.4 Å². The van der Waals surface area contributed by atoms with Gasteiger partial charge in [0.15, 0.2) is 11.6 Å². The minimum Gasteiger partial charge on any atom is -0.391 e. The Morgan fingerprint density at radius 3 is 1.75 bits per heavy atom. The van der Waals surface area contributed by atoms with Gasteiger partial charge in [-0.05, 0) is 106 Å². The summed E-state index contributed by atoms with van der Waals surface area (Å²) < 4.78 is 0. The number of likely N-dealkylation sites (tertiary alicyclic amines) is 1. The number of Topliss-reactive ketones (excluding diaryl/α,β-unsaturated/α-hetero) is 3. The van der Waals surface area contributed by atoms with Crippen LogP contribution in [-0.4, -0.2) is 201 Å². The molecule has 526 valence electrons. The van der Waals surface area contributed by atoms with Gasteiger partial charge in [-0.25, -0.2) is 0 Å². The van der Waals surface area contributed by atoms with E-state index in [-0.39, 0.29) is 99.1 Å². The third kappa shape index (κ3) is 22.6. The molecule has 3 heterocycles. The monoisotopic (exact) mass is 1320 g/mol. The third-order valence-electron chi connectivity index (χ3n) is 19.5. The van der Waals surface area contributed by atoms with Gasteiger partial charge in [0.1, 0.15) is 30.0 Å². The van der Waals surface area contributed by atoms with Gasteiger partial charge in [-0.1, -0.05) is 122 Å². The molecule has 3 aliphatic heterocycles. The Labute approximate surface area is 564 Å². The Kier molecular flexibility index (Phi) is 30.7. The van der Waals surface area contributed by atoms with E-state index in [9.17, 15) is 62.6 Å². The zero-order chi connectivity index (χ0) is 70.5. The second kappa shape index (κ2) is 37.2. The Bertz CT molecular complexity index is 2950. The van der Waals surface area contributed by atoms with Gasteiger partial charge in [-0.2, -0.15) is 0 Å². The van der Waals surface area contributed by atoms with Gasteiger partial charge in [-0.15, -0.1) is 0 Å². The average molecular weight is 1320 g/mol. The number of fused-ring (bicyclic) bond motifs is 1. The number of likely N-dealkylation sites (N-methyl/N-ethyl adjacent to an activating group) is 3. The molecule has 3 aliphatic rings. The van der Waals surface area contributed by atoms with Crippen molar-refractivity contribution < 1.29 is 62.6 Å². The van der Waals surface area contributed by atoms with Crippen LogP contribution in [0.3, 0.4) is 0 Å². The van der Waals surface area contributed by atoms with Gasteiger partial charge in [-0.3, -0.25) is 57.5 Å². The summed E-state index contributed by atoms with van der Waals surface area (Å²) in [7, 11) is 6.02. The number of nitrogens with zero attached hydrogens (tertiary/aromatic N) is 6. The van der Waals surface area contributed by atoms with E-state index in [0.717, 1.165) is 6.42 Å². The maximum Gasteiger partial charge on any atom is 0.248 e. The van der Waals surface area contributed by atoms with Crippen molar-refractivity contribution in [2.24, 2.45) is 35.5 Å². The second-order valence-corrected chi connectivity index (χ2v) is 28.4. The number of hydrogen-bond donors (Lipinski definition) is 4. The van der Waals surface area contributed by atoms with E-state index >= 15 is 0 Å². The summed E-state index contributed by atoms with van der Waals surface area (Å²) in [6.45, 7) is 19.0. The summed E-state index contributed by atoms with van der Waals surface area (Å²) in [5, 5.41) is 19.8. The molecule has 0 unspecified atom stereocenters. The van der Waals surface area contributed by atoms with E-state index in [2.05, 4.69) is 16.0 Å². The fourth-order valence-corrected chi connectivity index (χ4v) is 13.6. The number of benzene rings is 2. The molecule has 22 heteroatoms. The van der Waals surface area contributed by atoms with Crippen LogP contribution in [-0.2, 0) is 64.0 Å². The number of hydrogen-bond acceptors (Lipinski definition) is 13. The van der Waals surface area contributed by atoms with Crippen molar-refractivity contribution in [3.63, 3.8) is 0 Å². The number of aliphatic hydroxyl groups excluding tert-OH is 1. The van der Waals surface area contributed by atoms with E-state index < -0.39 is 132 Å². The van der Waals surface area contributed by atoms with E-state index in [4.69, 9.17) is 0 Å². The molecule has 0 bridgehead atoms. The quantitative estimate of drug-likeness (QED) is 0.164. The van der Waals surface area contributed by atoms with Crippen molar-refractivity contribution in [1.82, 2.24) is 45.3 Å². The predicted octanol–water partition coefficient (Wildman–Crippen LogP) is 6.64. The van der Waals surface area contributed by atoms with Crippen LogP contribution in [0.1, 0.15) is 189 Å². The number of carbonyl (C=O) groups excluding carboxylic acids is 12. The fraction of sp³-hybridized carbons (Fsp3) is 0.671. The van der Waals surface area contributed by atoms with E-state index in [1.807, 2.05) is 55.4 Å². The third-order valence-corrected chi connectivity index (χ3v) is 19.5. The number of aliphatic hydroxyl groups is 1. The summed E-state index contributed by atoms with van der Waals surface area (Å²) in [6.07, 6.45) is 0.753. The minimum absolute atomic E-state index is 0.0298. The molecular weight excluding hydrogens is 1210 g/mol. The summed E-state index contributed by atoms with van der Waals surface area (Å²) in [5.41, 5.74) is 1.29. The zero-order valence-electron chi connectivity index (χ0n) is 59.1. The molecule has 4 N–H and O–H groups in total. The lowest BCUT2D eigenvalue weighted by molar-refractivity contribution is -0.147. The van der Waals surface area contributed by atoms with Crippen molar-refractivity contribution in [3.8, 4) is 0 Å². The Balaban J connectivity index is 1.58. The lowest BCUT2D eigenvalue weighted by Gasteiger charge is -2.35. The highest BCUT2D eigenvalue weighted by molar-refractivity contribution is 5.99. The van der Waals surface area contributed by atoms with Crippen LogP contribution in [0.5, 0.6) is 0 Å². The highest BCUT2D eigenvalue weighted by atomic mass is 16.3. The molecule has 95 heavy (non-hydrogen) atoms. The number of carbonyl (C=O) groups is 12. The molecule has 3 saturated heterocycles. The number of ketones is 3. The number of piperidine rings is 1. The van der Waals surface area contributed by atoms with Crippen LogP contribution in [0, 0.1) is 35.5 Å². The first-order chi connectivity index (χ1) is 44.8. The molecule has 2 aromatic rings. The topological polar surface area (TPSA) is 281 Å². The molecular formula is C73H111N9O13. The SMILES string of the molecule is CC[C@H](C)[C@H]1C(=O)CCC(=O)N(C)[C@@H](CC(C)C)C(=O)N[C@@H]([C@@H](C)O)C(=O)N2CCC[C@H]2C(=O)C[C@@H](Cc2ccccc2)C(=O)N[C@H](C(=O)N2CCCCC2)CC(=O)N(C)[C@@H](C)C(=O)N[C@@H](c2ccccc2)CC(=O)N(C)[C@@H](CC(C)C)CC(=O)C[C@@H](CC(C)C)C(=O)N1C. The highest BCUT2D eigenvalue weighted by Crippen LogP contribution is 2.30. The smallest absolute Gasteiger partial charge is 0.248 e. The molecule has 3 fully saturated rings. The molecule has 0 saturated carbocycles. The second-order valence-electron chi connectivity index (χ2n) is 28.4. The van der Waals surface area contributed by atoms with Gasteiger partial charge in [0.2, 0.25) is 53.2 Å². The fourth-order valence-electron chi connectivity index (χ4n) is 13.6. The summed E-state index contributed by atoms with van der Waals surface area (Å²) >= 11 is 0. The standard InChI is InChI=1S/C73H111N9O13/c1-15-48(8)67-61(85)31-32-63(87)79(13)60(38-47(6)7)70(92)76-66(50(10)83)73(95)82-35-25-30-59(82)62(86)41-53(39-51-26-19-16-20-27-51)69(91)75-58(72(94)81-33-23-18-24-34-81)44-64(88)77(11)49(9)68(90)74-57(52-28-21-17-22-29-52)43-65(89)78(12)55(37-46(4)5)42-56(84)40-54(36-45(2)3)71(93)80(67)14/h16-17,19-22,26-29,45-50,53-55,57-60,66-67,83H,15,18,23-25,30-44H2,1-14H3,(H,74,90)(H,75,91)(H,76,92)/t48-,49-,50+,53+,54+,55-,57+,58-,59-,60-,66-,67-/m0/s1. The predicted molar refractivity (Wildman–Crippen MR) is 362 cm³/mol. The first-order valence-corrected chi connectivity index (χ1v) is 34.7. The lowest BCUT2D eigenvalue weighted by atomic mass is 9.86. The number of amides is 9. The summed E-state index contributed by atoms with van der Waals surface area (Å²) in [6, 6.07) is 8.93. The summed E-state index contributed by atoms with van der Waals surface area (Å²) in [5.74, 6) is -8.92. The number of rotatable bonds is 13. The van der Waals surface area contributed by atoms with Crippen molar-refractivity contribution >= 4 is 70.5 Å². The van der Waals surface area contributed by atoms with Crippen LogP contribution in [0.15, 0.2) is 60.7 Å². The molecule has 5 rings (SSSR count). The maximum absolute atomic E-state index is 15.0. The summed E-state index contributed by atoms with van der Waals surface area (Å²) in [4.78, 5) is 184. The Morgan fingerprint density at radius 2 is 1.16 bits per heavy atom. The van der Waals surface area contributed by atoms with Gasteiger partial charge in [0.05, 0.1) is 37.1 Å². The van der Waals surface area contributed by atoms with Crippen LogP contribution in [0.4, 0.5) is 0 Å². The van der Waals surface area contributed by atoms with Crippen LogP contribution >= 0.6 is 0 Å². The largest absolute Gasteiger partial charge is 0.391 e. The molecule has 0 aliphatic carbocycles. The zero-order valence-corrected chi connectivity index (χ0v) is 59.1. The highest BCUT2D eigenvalue weighted by Gasteiger charge is 2.44. The van der Waals surface area contributed by atoms with Crippen LogP contribution in [0.2, 0.25) is 0 Å². The van der Waals surface area contributed by atoms with Gasteiger partial charge >= 0.3 is 0 Å². The first kappa shape index (κ1) is 78.3. The van der Waals surface area contributed by atoms with E-state index in [1.54, 1.807) is 79.7 Å². The molecule has 0 radical (unpaired) electrons. The van der Waals surface area contributed by atoms with Crippen LogP contribution < -0.4 is 16.0 Å². The van der Waals surface area contributed by atoms with Crippen molar-refractivity contribution in [2.45, 2.75) is 233 Å². The Hall–Kier alpha value is -7.36. The van der Waals surface area contributed by atoms with Crippen molar-refractivity contribution in [2.75, 3.05) is 47.8 Å². The lowest BCUT2D eigenvalue weighted by Crippen LogP contribution is -2.59. The minimum atomic E-state index is -1.57. The van der Waals surface area contributed by atoms with Gasteiger partial charge in [0, 0.05) is 97.8 Å². The van der Waals surface area contributed by atoms with Crippen molar-refractivity contribution in [3.05, 3.63) is 71.8 Å².